The Labute approximate surface area is 110 Å². The first kappa shape index (κ1) is 13.0. The summed E-state index contributed by atoms with van der Waals surface area (Å²) in [5.41, 5.74) is 8.42. The van der Waals surface area contributed by atoms with Gasteiger partial charge < -0.3 is 9.97 Å². The number of nitrogens with one attached hydrogen (secondary N) is 2. The molecule has 0 spiro atoms. The summed E-state index contributed by atoms with van der Waals surface area (Å²) in [5.74, 6) is 0.414. The van der Waals surface area contributed by atoms with Crippen molar-refractivity contribution in [2.45, 2.75) is 53.4 Å². The molecular weight excluding hydrogens is 220 g/mol. The van der Waals surface area contributed by atoms with Crippen molar-refractivity contribution in [3.05, 3.63) is 46.0 Å². The normalized spacial score (nSPS) is 11.4. The highest BCUT2D eigenvalue weighted by Gasteiger charge is 2.19. The summed E-state index contributed by atoms with van der Waals surface area (Å²) in [6.07, 6.45) is 6.45. The second-order valence-electron chi connectivity index (χ2n) is 5.16. The van der Waals surface area contributed by atoms with E-state index in [1.165, 1.54) is 33.6 Å². The van der Waals surface area contributed by atoms with E-state index in [4.69, 9.17) is 0 Å². The third-order valence-electron chi connectivity index (χ3n) is 4.06. The van der Waals surface area contributed by atoms with Crippen LogP contribution in [0.15, 0.2) is 12.4 Å². The molecule has 0 fully saturated rings. The zero-order valence-corrected chi connectivity index (χ0v) is 12.1. The molecule has 2 heteroatoms. The first-order chi connectivity index (χ1) is 8.60. The van der Waals surface area contributed by atoms with E-state index in [9.17, 15) is 0 Å². The molecule has 0 radical (unpaired) electrons. The Morgan fingerprint density at radius 2 is 1.28 bits per heavy atom. The molecule has 2 nitrogen and oxygen atoms in total. The van der Waals surface area contributed by atoms with Gasteiger partial charge in [0.2, 0.25) is 0 Å². The predicted molar refractivity (Wildman–Crippen MR) is 77.3 cm³/mol. The summed E-state index contributed by atoms with van der Waals surface area (Å²) in [6, 6.07) is 0. The lowest BCUT2D eigenvalue weighted by Crippen LogP contribution is -2.03. The molecular formula is C16H24N2. The van der Waals surface area contributed by atoms with Crippen LogP contribution < -0.4 is 0 Å². The molecule has 0 aliphatic heterocycles. The van der Waals surface area contributed by atoms with Crippen molar-refractivity contribution in [3.8, 4) is 0 Å². The van der Waals surface area contributed by atoms with Gasteiger partial charge in [-0.2, -0.15) is 0 Å². The van der Waals surface area contributed by atoms with Gasteiger partial charge >= 0.3 is 0 Å². The fourth-order valence-corrected chi connectivity index (χ4v) is 3.00. The van der Waals surface area contributed by atoms with Crippen molar-refractivity contribution in [2.24, 2.45) is 0 Å². The van der Waals surface area contributed by atoms with Gasteiger partial charge in [0, 0.05) is 29.7 Å². The zero-order valence-electron chi connectivity index (χ0n) is 12.1. The van der Waals surface area contributed by atoms with Gasteiger partial charge in [0.1, 0.15) is 0 Å². The van der Waals surface area contributed by atoms with E-state index >= 15 is 0 Å². The molecule has 0 aromatic carbocycles. The van der Waals surface area contributed by atoms with Gasteiger partial charge in [0.25, 0.3) is 0 Å². The van der Waals surface area contributed by atoms with Crippen molar-refractivity contribution in [2.75, 3.05) is 0 Å². The van der Waals surface area contributed by atoms with Crippen molar-refractivity contribution in [1.29, 1.82) is 0 Å². The Balaban J connectivity index is 2.44. The van der Waals surface area contributed by atoms with Crippen LogP contribution in [-0.2, 0) is 12.8 Å². The fourth-order valence-electron chi connectivity index (χ4n) is 3.00. The second kappa shape index (κ2) is 5.05. The molecule has 0 aliphatic rings. The Kier molecular flexibility index (Phi) is 3.65. The van der Waals surface area contributed by atoms with E-state index < -0.39 is 0 Å². The van der Waals surface area contributed by atoms with E-state index in [0.29, 0.717) is 5.92 Å². The Hall–Kier alpha value is -1.44. The van der Waals surface area contributed by atoms with Crippen molar-refractivity contribution < 1.29 is 0 Å². The molecule has 2 aromatic rings. The molecule has 0 aliphatic carbocycles. The van der Waals surface area contributed by atoms with Crippen LogP contribution in [-0.4, -0.2) is 9.97 Å². The summed E-state index contributed by atoms with van der Waals surface area (Å²) in [6.45, 7) is 11.1. The Morgan fingerprint density at radius 3 is 1.61 bits per heavy atom. The van der Waals surface area contributed by atoms with Crippen LogP contribution in [0.4, 0.5) is 0 Å². The molecule has 0 bridgehead atoms. The van der Waals surface area contributed by atoms with Crippen LogP contribution in [0, 0.1) is 13.8 Å². The first-order valence-corrected chi connectivity index (χ1v) is 6.93. The first-order valence-electron chi connectivity index (χ1n) is 6.93. The molecule has 18 heavy (non-hydrogen) atoms. The van der Waals surface area contributed by atoms with Crippen LogP contribution in [0.3, 0.4) is 0 Å². The summed E-state index contributed by atoms with van der Waals surface area (Å²) < 4.78 is 0. The molecule has 2 rings (SSSR count). The van der Waals surface area contributed by atoms with E-state index in [1.807, 2.05) is 0 Å². The highest BCUT2D eigenvalue weighted by molar-refractivity contribution is 5.40. The maximum Gasteiger partial charge on any atom is 0.0369 e. The summed E-state index contributed by atoms with van der Waals surface area (Å²) >= 11 is 0. The molecule has 98 valence electrons. The van der Waals surface area contributed by atoms with Crippen LogP contribution in [0.25, 0.3) is 0 Å². The third kappa shape index (κ3) is 2.00. The van der Waals surface area contributed by atoms with Crippen LogP contribution in [0.2, 0.25) is 0 Å². The molecule has 0 atom stereocenters. The molecule has 0 saturated carbocycles. The summed E-state index contributed by atoms with van der Waals surface area (Å²) in [7, 11) is 0. The van der Waals surface area contributed by atoms with Crippen LogP contribution in [0.5, 0.6) is 0 Å². The minimum Gasteiger partial charge on any atom is -0.364 e. The SMILES string of the molecule is CCc1c(C)c[nH]c1C(C)c1[nH]cc(C)c1CC. The monoisotopic (exact) mass is 244 g/mol. The van der Waals surface area contributed by atoms with Gasteiger partial charge in [0.05, 0.1) is 0 Å². The lowest BCUT2D eigenvalue weighted by Gasteiger charge is -2.14. The van der Waals surface area contributed by atoms with Gasteiger partial charge in [-0.1, -0.05) is 20.8 Å². The number of hydrogen-bond acceptors (Lipinski definition) is 0. The molecule has 2 heterocycles. The maximum absolute atomic E-state index is 3.46. The zero-order chi connectivity index (χ0) is 13.3. The largest absolute Gasteiger partial charge is 0.364 e. The lowest BCUT2D eigenvalue weighted by molar-refractivity contribution is 0.815. The average molecular weight is 244 g/mol. The van der Waals surface area contributed by atoms with Crippen LogP contribution in [0.1, 0.15) is 60.3 Å². The smallest absolute Gasteiger partial charge is 0.0369 e. The summed E-state index contributed by atoms with van der Waals surface area (Å²) in [4.78, 5) is 6.93. The quantitative estimate of drug-likeness (QED) is 0.806. The second-order valence-corrected chi connectivity index (χ2v) is 5.16. The van der Waals surface area contributed by atoms with E-state index in [-0.39, 0.29) is 0 Å². The average Bonchev–Trinajstić information content (AvgIpc) is 2.91. The summed E-state index contributed by atoms with van der Waals surface area (Å²) in [5, 5.41) is 0. The van der Waals surface area contributed by atoms with Gasteiger partial charge in [0.15, 0.2) is 0 Å². The van der Waals surface area contributed by atoms with Gasteiger partial charge in [-0.05, 0) is 48.9 Å². The minimum atomic E-state index is 0.414. The molecule has 2 aromatic heterocycles. The number of aromatic amines is 2. The molecule has 0 unspecified atom stereocenters. The van der Waals surface area contributed by atoms with Crippen molar-refractivity contribution in [3.63, 3.8) is 0 Å². The topological polar surface area (TPSA) is 31.6 Å². The standard InChI is InChI=1S/C16H24N2/c1-6-13-10(3)8-17-15(13)12(5)16-14(7-2)11(4)9-18-16/h8-9,12,17-18H,6-7H2,1-5H3. The van der Waals surface area contributed by atoms with Gasteiger partial charge in [-0.25, -0.2) is 0 Å². The predicted octanol–water partition coefficient (Wildman–Crippen LogP) is 4.24. The Morgan fingerprint density at radius 1 is 0.889 bits per heavy atom. The lowest BCUT2D eigenvalue weighted by atomic mass is 9.93. The fraction of sp³-hybridized carbons (Fsp3) is 0.500. The molecule has 0 amide bonds. The van der Waals surface area contributed by atoms with Crippen LogP contribution >= 0.6 is 0 Å². The highest BCUT2D eigenvalue weighted by atomic mass is 14.8. The minimum absolute atomic E-state index is 0.414. The molecule has 2 N–H and O–H groups in total. The number of aromatic nitrogens is 2. The van der Waals surface area contributed by atoms with Crippen molar-refractivity contribution >= 4 is 0 Å². The highest BCUT2D eigenvalue weighted by Crippen LogP contribution is 2.30. The number of rotatable bonds is 4. The van der Waals surface area contributed by atoms with Crippen molar-refractivity contribution in [1.82, 2.24) is 9.97 Å². The van der Waals surface area contributed by atoms with E-state index in [0.717, 1.165) is 12.8 Å². The number of hydrogen-bond donors (Lipinski definition) is 2. The van der Waals surface area contributed by atoms with Gasteiger partial charge in [-0.15, -0.1) is 0 Å². The molecule has 0 saturated heterocycles. The van der Waals surface area contributed by atoms with E-state index in [2.05, 4.69) is 57.0 Å². The maximum atomic E-state index is 3.46. The third-order valence-corrected chi connectivity index (χ3v) is 4.06. The van der Waals surface area contributed by atoms with Gasteiger partial charge in [-0.3, -0.25) is 0 Å². The number of aryl methyl sites for hydroxylation is 2. The number of H-pyrrole nitrogens is 2. The van der Waals surface area contributed by atoms with E-state index in [1.54, 1.807) is 0 Å². The Bertz CT molecular complexity index is 483.